The number of hydrogen-bond donors (Lipinski definition) is 2. The second-order valence-corrected chi connectivity index (χ2v) is 6.51. The summed E-state index contributed by atoms with van der Waals surface area (Å²) < 4.78 is 1.43. The fraction of sp³-hybridized carbons (Fsp3) is 0.333. The van der Waals surface area contributed by atoms with Gasteiger partial charge in [0.1, 0.15) is 5.52 Å². The normalized spacial score (nSPS) is 15.3. The Kier molecular flexibility index (Phi) is 4.16. The van der Waals surface area contributed by atoms with Crippen molar-refractivity contribution in [3.63, 3.8) is 0 Å². The Bertz CT molecular complexity index is 986. The van der Waals surface area contributed by atoms with E-state index in [4.69, 9.17) is 0 Å². The van der Waals surface area contributed by atoms with Crippen LogP contribution in [0, 0.1) is 0 Å². The monoisotopic (exact) mass is 352 g/mol. The number of aromatic nitrogens is 4. The second-order valence-electron chi connectivity index (χ2n) is 6.51. The number of amides is 1. The number of rotatable bonds is 3. The molecule has 0 unspecified atom stereocenters. The highest BCUT2D eigenvalue weighted by molar-refractivity contribution is 6.06. The summed E-state index contributed by atoms with van der Waals surface area (Å²) in [5.41, 5.74) is 0.825. The third kappa shape index (κ3) is 2.94. The predicted molar refractivity (Wildman–Crippen MR) is 98.3 cm³/mol. The Labute approximate surface area is 149 Å². The van der Waals surface area contributed by atoms with Gasteiger partial charge in [-0.2, -0.15) is 0 Å². The molecule has 2 N–H and O–H groups in total. The first kappa shape index (κ1) is 16.3. The molecular formula is C18H20N6O2. The maximum atomic E-state index is 12.8. The molecule has 3 aromatic rings. The second kappa shape index (κ2) is 6.62. The molecule has 1 fully saturated rings. The highest BCUT2D eigenvalue weighted by Gasteiger charge is 2.23. The number of aromatic amines is 1. The van der Waals surface area contributed by atoms with Crippen molar-refractivity contribution in [3.8, 4) is 0 Å². The molecule has 4 heterocycles. The van der Waals surface area contributed by atoms with Crippen LogP contribution in [0.1, 0.15) is 23.2 Å². The molecule has 8 nitrogen and oxygen atoms in total. The lowest BCUT2D eigenvalue weighted by Crippen LogP contribution is -2.45. The van der Waals surface area contributed by atoms with Crippen molar-refractivity contribution in [3.05, 3.63) is 52.8 Å². The van der Waals surface area contributed by atoms with Gasteiger partial charge in [-0.15, -0.1) is 0 Å². The van der Waals surface area contributed by atoms with Crippen molar-refractivity contribution in [1.29, 1.82) is 0 Å². The molecule has 1 aliphatic heterocycles. The maximum Gasteiger partial charge on any atom is 0.274 e. The van der Waals surface area contributed by atoms with Crippen LogP contribution in [-0.2, 0) is 7.05 Å². The molecule has 0 atom stereocenters. The quantitative estimate of drug-likeness (QED) is 0.735. The summed E-state index contributed by atoms with van der Waals surface area (Å²) >= 11 is 0. The standard InChI is InChI=1S/C18H20N6O2/c1-23-11-14(13-3-8-19-15(13)17(23)26)16(25)22-12-4-9-24(10-5-12)18-20-6-2-7-21-18/h2-3,6-8,11-12,19H,4-5,9-10H2,1H3,(H,22,25). The number of carbonyl (C=O) groups is 1. The van der Waals surface area contributed by atoms with E-state index in [0.29, 0.717) is 16.5 Å². The lowest BCUT2D eigenvalue weighted by atomic mass is 10.0. The molecule has 1 amide bonds. The summed E-state index contributed by atoms with van der Waals surface area (Å²) in [6, 6.07) is 3.65. The summed E-state index contributed by atoms with van der Waals surface area (Å²) in [6.07, 6.45) is 8.40. The van der Waals surface area contributed by atoms with Crippen LogP contribution in [0.2, 0.25) is 0 Å². The first-order valence-electron chi connectivity index (χ1n) is 8.63. The smallest absolute Gasteiger partial charge is 0.274 e. The minimum absolute atomic E-state index is 0.0914. The molecule has 0 aromatic carbocycles. The number of aryl methyl sites for hydroxylation is 1. The lowest BCUT2D eigenvalue weighted by molar-refractivity contribution is 0.0932. The van der Waals surface area contributed by atoms with Gasteiger partial charge in [0.25, 0.3) is 11.5 Å². The number of piperidine rings is 1. The van der Waals surface area contributed by atoms with E-state index in [1.54, 1.807) is 44.0 Å². The van der Waals surface area contributed by atoms with E-state index in [9.17, 15) is 9.59 Å². The van der Waals surface area contributed by atoms with E-state index < -0.39 is 0 Å². The van der Waals surface area contributed by atoms with E-state index >= 15 is 0 Å². The van der Waals surface area contributed by atoms with Crippen LogP contribution in [0.5, 0.6) is 0 Å². The molecule has 4 rings (SSSR count). The van der Waals surface area contributed by atoms with Gasteiger partial charge in [0.05, 0.1) is 5.56 Å². The van der Waals surface area contributed by atoms with Crippen molar-refractivity contribution >= 4 is 22.8 Å². The molecule has 0 radical (unpaired) electrons. The van der Waals surface area contributed by atoms with Gasteiger partial charge in [-0.05, 0) is 25.0 Å². The number of anilines is 1. The molecule has 1 saturated heterocycles. The molecular weight excluding hydrogens is 332 g/mol. The summed E-state index contributed by atoms with van der Waals surface area (Å²) in [5, 5.41) is 3.75. The van der Waals surface area contributed by atoms with Crippen molar-refractivity contribution < 1.29 is 4.79 Å². The van der Waals surface area contributed by atoms with Crippen LogP contribution in [0.3, 0.4) is 0 Å². The Morgan fingerprint density at radius 2 is 2.00 bits per heavy atom. The number of carbonyl (C=O) groups excluding carboxylic acids is 1. The predicted octanol–water partition coefficient (Wildman–Crippen LogP) is 1.06. The van der Waals surface area contributed by atoms with Crippen LogP contribution in [0.25, 0.3) is 10.9 Å². The lowest BCUT2D eigenvalue weighted by Gasteiger charge is -2.32. The topological polar surface area (TPSA) is 95.9 Å². The number of nitrogens with zero attached hydrogens (tertiary/aromatic N) is 4. The molecule has 0 spiro atoms. The van der Waals surface area contributed by atoms with E-state index in [-0.39, 0.29) is 17.5 Å². The van der Waals surface area contributed by atoms with Crippen LogP contribution < -0.4 is 15.8 Å². The van der Waals surface area contributed by atoms with Gasteiger partial charge in [-0.3, -0.25) is 9.59 Å². The van der Waals surface area contributed by atoms with Crippen LogP contribution in [0.15, 0.2) is 41.7 Å². The molecule has 8 heteroatoms. The molecule has 26 heavy (non-hydrogen) atoms. The minimum Gasteiger partial charge on any atom is -0.357 e. The average Bonchev–Trinajstić information content (AvgIpc) is 3.16. The van der Waals surface area contributed by atoms with Crippen LogP contribution in [-0.4, -0.2) is 44.6 Å². The third-order valence-electron chi connectivity index (χ3n) is 4.80. The molecule has 0 saturated carbocycles. The summed E-state index contributed by atoms with van der Waals surface area (Å²) in [7, 11) is 1.65. The molecule has 3 aromatic heterocycles. The highest BCUT2D eigenvalue weighted by Crippen LogP contribution is 2.18. The fourth-order valence-corrected chi connectivity index (χ4v) is 3.39. The maximum absolute atomic E-state index is 12.8. The number of pyridine rings is 1. The molecule has 1 aliphatic rings. The summed E-state index contributed by atoms with van der Waals surface area (Å²) in [6.45, 7) is 1.59. The Balaban J connectivity index is 1.46. The number of H-pyrrole nitrogens is 1. The fourth-order valence-electron chi connectivity index (χ4n) is 3.39. The summed E-state index contributed by atoms with van der Waals surface area (Å²) in [4.78, 5) is 38.5. The van der Waals surface area contributed by atoms with Gasteiger partial charge in [-0.25, -0.2) is 9.97 Å². The van der Waals surface area contributed by atoms with Gasteiger partial charge < -0.3 is 19.8 Å². The zero-order chi connectivity index (χ0) is 18.1. The third-order valence-corrected chi connectivity index (χ3v) is 4.80. The van der Waals surface area contributed by atoms with Crippen molar-refractivity contribution in [2.45, 2.75) is 18.9 Å². The highest BCUT2D eigenvalue weighted by atomic mass is 16.2. The van der Waals surface area contributed by atoms with Gasteiger partial charge in [0.15, 0.2) is 0 Å². The van der Waals surface area contributed by atoms with Gasteiger partial charge in [0, 0.05) is 56.4 Å². The zero-order valence-corrected chi connectivity index (χ0v) is 14.5. The largest absolute Gasteiger partial charge is 0.357 e. The van der Waals surface area contributed by atoms with Crippen molar-refractivity contribution in [1.82, 2.24) is 24.8 Å². The SMILES string of the molecule is Cn1cc(C(=O)NC2CCN(c3ncccn3)CC2)c2cc[nH]c2c1=O. The Morgan fingerprint density at radius 1 is 1.27 bits per heavy atom. The van der Waals surface area contributed by atoms with E-state index in [0.717, 1.165) is 31.9 Å². The first-order chi connectivity index (χ1) is 12.6. The summed E-state index contributed by atoms with van der Waals surface area (Å²) in [5.74, 6) is 0.573. The zero-order valence-electron chi connectivity index (χ0n) is 14.5. The van der Waals surface area contributed by atoms with Gasteiger partial charge in [0.2, 0.25) is 5.95 Å². The average molecular weight is 352 g/mol. The van der Waals surface area contributed by atoms with Crippen molar-refractivity contribution in [2.75, 3.05) is 18.0 Å². The van der Waals surface area contributed by atoms with Crippen LogP contribution >= 0.6 is 0 Å². The number of fused-ring (bicyclic) bond motifs is 1. The Morgan fingerprint density at radius 3 is 2.73 bits per heavy atom. The van der Waals surface area contributed by atoms with Crippen molar-refractivity contribution in [2.24, 2.45) is 7.05 Å². The minimum atomic E-state index is -0.153. The van der Waals surface area contributed by atoms with Gasteiger partial charge >= 0.3 is 0 Å². The van der Waals surface area contributed by atoms with E-state index in [1.807, 2.05) is 0 Å². The number of nitrogens with one attached hydrogen (secondary N) is 2. The van der Waals surface area contributed by atoms with E-state index in [2.05, 4.69) is 25.2 Å². The van der Waals surface area contributed by atoms with Gasteiger partial charge in [-0.1, -0.05) is 0 Å². The molecule has 0 bridgehead atoms. The molecule has 134 valence electrons. The first-order valence-corrected chi connectivity index (χ1v) is 8.63. The van der Waals surface area contributed by atoms with Crippen LogP contribution in [0.4, 0.5) is 5.95 Å². The number of hydrogen-bond acceptors (Lipinski definition) is 5. The van der Waals surface area contributed by atoms with E-state index in [1.165, 1.54) is 4.57 Å². The Hall–Kier alpha value is -3.16. The molecule has 0 aliphatic carbocycles.